The third kappa shape index (κ3) is 2.92. The van der Waals surface area contributed by atoms with Crippen molar-refractivity contribution in [3.05, 3.63) is 65.7 Å². The van der Waals surface area contributed by atoms with E-state index in [0.29, 0.717) is 0 Å². The van der Waals surface area contributed by atoms with Crippen molar-refractivity contribution in [2.24, 2.45) is 0 Å². The molecule has 0 aromatic heterocycles. The van der Waals surface area contributed by atoms with E-state index in [1.54, 1.807) is 0 Å². The normalized spacial score (nSPS) is 18.2. The molecular formula is C18H20N2O. The van der Waals surface area contributed by atoms with Crippen LogP contribution in [0.1, 0.15) is 36.4 Å². The van der Waals surface area contributed by atoms with Crippen molar-refractivity contribution >= 4 is 11.6 Å². The Labute approximate surface area is 125 Å². The van der Waals surface area contributed by atoms with E-state index in [4.69, 9.17) is 0 Å². The Balaban J connectivity index is 1.75. The summed E-state index contributed by atoms with van der Waals surface area (Å²) in [6, 6.07) is 18.2. The molecule has 0 fully saturated rings. The lowest BCUT2D eigenvalue weighted by Crippen LogP contribution is -2.34. The van der Waals surface area contributed by atoms with Crippen LogP contribution in [0.15, 0.2) is 54.6 Å². The number of rotatable bonds is 3. The van der Waals surface area contributed by atoms with Crippen LogP contribution in [0, 0.1) is 0 Å². The Kier molecular flexibility index (Phi) is 3.91. The summed E-state index contributed by atoms with van der Waals surface area (Å²) < 4.78 is 0. The molecule has 0 spiro atoms. The number of carbonyl (C=O) groups is 1. The summed E-state index contributed by atoms with van der Waals surface area (Å²) in [5.74, 6) is 0.0499. The average Bonchev–Trinajstić information content (AvgIpc) is 2.55. The van der Waals surface area contributed by atoms with E-state index in [1.807, 2.05) is 61.5 Å². The molecular weight excluding hydrogens is 260 g/mol. The highest BCUT2D eigenvalue weighted by Gasteiger charge is 2.26. The first-order valence-corrected chi connectivity index (χ1v) is 7.44. The van der Waals surface area contributed by atoms with Gasteiger partial charge in [-0.15, -0.1) is 0 Å². The summed E-state index contributed by atoms with van der Waals surface area (Å²) in [7, 11) is 0. The molecule has 0 saturated heterocycles. The van der Waals surface area contributed by atoms with E-state index >= 15 is 0 Å². The molecule has 0 radical (unpaired) electrons. The number of amides is 1. The van der Waals surface area contributed by atoms with Crippen LogP contribution in [0.3, 0.4) is 0 Å². The van der Waals surface area contributed by atoms with Crippen LogP contribution in [0.25, 0.3) is 0 Å². The zero-order chi connectivity index (χ0) is 14.7. The maximum atomic E-state index is 12.6. The zero-order valence-corrected chi connectivity index (χ0v) is 12.2. The quantitative estimate of drug-likeness (QED) is 0.904. The second-order valence-electron chi connectivity index (χ2n) is 5.50. The fourth-order valence-electron chi connectivity index (χ4n) is 2.88. The van der Waals surface area contributed by atoms with Crippen LogP contribution >= 0.6 is 0 Å². The van der Waals surface area contributed by atoms with Crippen molar-refractivity contribution < 1.29 is 4.79 Å². The molecule has 0 aliphatic carbocycles. The van der Waals surface area contributed by atoms with Gasteiger partial charge in [0, 0.05) is 12.2 Å². The van der Waals surface area contributed by atoms with E-state index in [1.165, 1.54) is 0 Å². The maximum absolute atomic E-state index is 12.6. The van der Waals surface area contributed by atoms with Crippen LogP contribution < -0.4 is 10.6 Å². The molecule has 1 amide bonds. The van der Waals surface area contributed by atoms with Gasteiger partial charge in [-0.05, 0) is 30.5 Å². The highest BCUT2D eigenvalue weighted by molar-refractivity contribution is 5.86. The molecule has 1 aliphatic rings. The number of hydrogen-bond acceptors (Lipinski definition) is 2. The fraction of sp³-hybridized carbons (Fsp3) is 0.278. The highest BCUT2D eigenvalue weighted by atomic mass is 16.1. The van der Waals surface area contributed by atoms with E-state index < -0.39 is 0 Å². The Morgan fingerprint density at radius 2 is 1.86 bits per heavy atom. The van der Waals surface area contributed by atoms with Gasteiger partial charge in [0.05, 0.1) is 12.0 Å². The van der Waals surface area contributed by atoms with Gasteiger partial charge in [-0.1, -0.05) is 48.5 Å². The van der Waals surface area contributed by atoms with Crippen LogP contribution in [0.4, 0.5) is 5.69 Å². The number of para-hydroxylation sites is 1. The lowest BCUT2D eigenvalue weighted by molar-refractivity contribution is -0.123. The first-order valence-electron chi connectivity index (χ1n) is 7.44. The summed E-state index contributed by atoms with van der Waals surface area (Å²) >= 11 is 0. The topological polar surface area (TPSA) is 41.1 Å². The SMILES string of the molecule is C[C@@H](NC(=O)C1CCNc2ccccc21)c1ccccc1. The molecule has 2 atom stereocenters. The minimum atomic E-state index is -0.0615. The lowest BCUT2D eigenvalue weighted by Gasteiger charge is -2.27. The zero-order valence-electron chi connectivity index (χ0n) is 12.2. The van der Waals surface area contributed by atoms with E-state index in [-0.39, 0.29) is 17.9 Å². The van der Waals surface area contributed by atoms with Gasteiger partial charge in [0.15, 0.2) is 0 Å². The number of carbonyl (C=O) groups excluding carboxylic acids is 1. The number of fused-ring (bicyclic) bond motifs is 1. The van der Waals surface area contributed by atoms with Gasteiger partial charge >= 0.3 is 0 Å². The number of nitrogens with one attached hydrogen (secondary N) is 2. The van der Waals surface area contributed by atoms with Gasteiger partial charge in [0.25, 0.3) is 0 Å². The average molecular weight is 280 g/mol. The summed E-state index contributed by atoms with van der Waals surface area (Å²) in [4.78, 5) is 12.6. The molecule has 21 heavy (non-hydrogen) atoms. The molecule has 2 aromatic rings. The first kappa shape index (κ1) is 13.7. The second-order valence-corrected chi connectivity index (χ2v) is 5.50. The van der Waals surface area contributed by atoms with Crippen LogP contribution in [0.5, 0.6) is 0 Å². The van der Waals surface area contributed by atoms with Crippen molar-refractivity contribution in [2.45, 2.75) is 25.3 Å². The number of benzene rings is 2. The molecule has 3 nitrogen and oxygen atoms in total. The summed E-state index contributed by atoms with van der Waals surface area (Å²) in [5, 5.41) is 6.49. The van der Waals surface area contributed by atoms with E-state index in [0.717, 1.165) is 29.8 Å². The minimum Gasteiger partial charge on any atom is -0.385 e. The van der Waals surface area contributed by atoms with E-state index in [9.17, 15) is 4.79 Å². The molecule has 1 unspecified atom stereocenters. The minimum absolute atomic E-state index is 0.0285. The maximum Gasteiger partial charge on any atom is 0.228 e. The Bertz CT molecular complexity index is 624. The Morgan fingerprint density at radius 1 is 1.14 bits per heavy atom. The Hall–Kier alpha value is -2.29. The van der Waals surface area contributed by atoms with Crippen molar-refractivity contribution in [2.75, 3.05) is 11.9 Å². The summed E-state index contributed by atoms with van der Waals surface area (Å²) in [6.45, 7) is 2.87. The summed E-state index contributed by atoms with van der Waals surface area (Å²) in [6.07, 6.45) is 0.838. The molecule has 3 heteroatoms. The molecule has 0 bridgehead atoms. The van der Waals surface area contributed by atoms with Gasteiger partial charge in [-0.2, -0.15) is 0 Å². The smallest absolute Gasteiger partial charge is 0.228 e. The number of anilines is 1. The molecule has 2 aromatic carbocycles. The van der Waals surface area contributed by atoms with Crippen LogP contribution in [0.2, 0.25) is 0 Å². The standard InChI is InChI=1S/C18H20N2O/c1-13(14-7-3-2-4-8-14)20-18(21)16-11-12-19-17-10-6-5-9-15(16)17/h2-10,13,16,19H,11-12H2,1H3,(H,20,21)/t13-,16?/m1/s1. The molecule has 108 valence electrons. The van der Waals surface area contributed by atoms with Crippen molar-refractivity contribution in [1.82, 2.24) is 5.32 Å². The molecule has 3 rings (SSSR count). The molecule has 2 N–H and O–H groups in total. The van der Waals surface area contributed by atoms with Crippen LogP contribution in [-0.4, -0.2) is 12.5 Å². The second kappa shape index (κ2) is 6.00. The lowest BCUT2D eigenvalue weighted by atomic mass is 9.90. The largest absolute Gasteiger partial charge is 0.385 e. The van der Waals surface area contributed by atoms with Gasteiger partial charge < -0.3 is 10.6 Å². The van der Waals surface area contributed by atoms with Gasteiger partial charge in [0.1, 0.15) is 0 Å². The van der Waals surface area contributed by atoms with E-state index in [2.05, 4.69) is 10.6 Å². The third-order valence-corrected chi connectivity index (χ3v) is 4.06. The first-order chi connectivity index (χ1) is 10.3. The Morgan fingerprint density at radius 3 is 2.67 bits per heavy atom. The predicted molar refractivity (Wildman–Crippen MR) is 85.3 cm³/mol. The fourth-order valence-corrected chi connectivity index (χ4v) is 2.88. The van der Waals surface area contributed by atoms with Crippen molar-refractivity contribution in [3.8, 4) is 0 Å². The monoisotopic (exact) mass is 280 g/mol. The number of hydrogen-bond donors (Lipinski definition) is 2. The summed E-state index contributed by atoms with van der Waals surface area (Å²) in [5.41, 5.74) is 3.31. The van der Waals surface area contributed by atoms with Gasteiger partial charge in [-0.3, -0.25) is 4.79 Å². The molecule has 1 heterocycles. The predicted octanol–water partition coefficient (Wildman–Crippen LogP) is 3.46. The highest BCUT2D eigenvalue weighted by Crippen LogP contribution is 2.31. The molecule has 1 aliphatic heterocycles. The van der Waals surface area contributed by atoms with Crippen LogP contribution in [-0.2, 0) is 4.79 Å². The molecule has 0 saturated carbocycles. The van der Waals surface area contributed by atoms with Gasteiger partial charge in [0.2, 0.25) is 5.91 Å². The van der Waals surface area contributed by atoms with Crippen molar-refractivity contribution in [1.29, 1.82) is 0 Å². The van der Waals surface area contributed by atoms with Crippen molar-refractivity contribution in [3.63, 3.8) is 0 Å². The van der Waals surface area contributed by atoms with Gasteiger partial charge in [-0.25, -0.2) is 0 Å². The third-order valence-electron chi connectivity index (χ3n) is 4.06.